The minimum absolute atomic E-state index is 0.0879. The van der Waals surface area contributed by atoms with Gasteiger partial charge in [-0.2, -0.15) is 5.10 Å². The molecule has 0 aliphatic heterocycles. The molecule has 0 saturated carbocycles. The average Bonchev–Trinajstić information content (AvgIpc) is 3.26. The summed E-state index contributed by atoms with van der Waals surface area (Å²) < 4.78 is 6.25. The predicted molar refractivity (Wildman–Crippen MR) is 140 cm³/mol. The topological polar surface area (TPSA) is 97.3 Å². The van der Waals surface area contributed by atoms with E-state index in [0.29, 0.717) is 11.5 Å². The van der Waals surface area contributed by atoms with Crippen LogP contribution in [0.1, 0.15) is 23.1 Å². The SMILES string of the molecule is COC(=O)NCCC(=O)Nc1cnn(C)c1NC(c1ccccc1)(c1ccccc1)c1ccccc1. The highest BCUT2D eigenvalue weighted by atomic mass is 16.5. The first kappa shape index (κ1) is 24.5. The van der Waals surface area contributed by atoms with E-state index in [1.807, 2.05) is 61.6 Å². The highest BCUT2D eigenvalue weighted by Crippen LogP contribution is 2.41. The van der Waals surface area contributed by atoms with E-state index in [0.717, 1.165) is 16.7 Å². The zero-order valence-electron chi connectivity index (χ0n) is 20.3. The van der Waals surface area contributed by atoms with Crippen LogP contribution in [-0.2, 0) is 22.1 Å². The average molecular weight is 484 g/mol. The van der Waals surface area contributed by atoms with Gasteiger partial charge in [0.05, 0.1) is 13.3 Å². The molecule has 0 aliphatic carbocycles. The smallest absolute Gasteiger partial charge is 0.406 e. The molecule has 184 valence electrons. The number of nitrogens with one attached hydrogen (secondary N) is 3. The molecule has 4 aromatic rings. The first-order chi connectivity index (χ1) is 17.5. The Balaban J connectivity index is 1.75. The number of amides is 2. The Kier molecular flexibility index (Phi) is 7.65. The monoisotopic (exact) mass is 483 g/mol. The molecule has 8 nitrogen and oxygen atoms in total. The van der Waals surface area contributed by atoms with Gasteiger partial charge in [-0.3, -0.25) is 9.48 Å². The molecule has 0 atom stereocenters. The second-order valence-corrected chi connectivity index (χ2v) is 8.22. The Labute approximate surface area is 210 Å². The van der Waals surface area contributed by atoms with Gasteiger partial charge in [-0.25, -0.2) is 4.79 Å². The van der Waals surface area contributed by atoms with Crippen LogP contribution in [0.4, 0.5) is 16.3 Å². The van der Waals surface area contributed by atoms with E-state index in [1.54, 1.807) is 10.9 Å². The van der Waals surface area contributed by atoms with Crippen LogP contribution in [0, 0.1) is 0 Å². The lowest BCUT2D eigenvalue weighted by atomic mass is 9.77. The Bertz CT molecular complexity index is 1190. The number of benzene rings is 3. The second-order valence-electron chi connectivity index (χ2n) is 8.22. The summed E-state index contributed by atoms with van der Waals surface area (Å²) in [5.41, 5.74) is 2.85. The zero-order chi connectivity index (χ0) is 25.4. The van der Waals surface area contributed by atoms with Crippen molar-refractivity contribution in [3.05, 3.63) is 114 Å². The summed E-state index contributed by atoms with van der Waals surface area (Å²) >= 11 is 0. The van der Waals surface area contributed by atoms with Gasteiger partial charge in [-0.1, -0.05) is 91.0 Å². The van der Waals surface area contributed by atoms with Crippen LogP contribution in [-0.4, -0.2) is 35.4 Å². The van der Waals surface area contributed by atoms with E-state index < -0.39 is 11.6 Å². The van der Waals surface area contributed by atoms with Gasteiger partial charge in [-0.15, -0.1) is 0 Å². The van der Waals surface area contributed by atoms with E-state index >= 15 is 0 Å². The molecule has 1 aromatic heterocycles. The molecule has 4 rings (SSSR count). The number of alkyl carbamates (subject to hydrolysis) is 1. The number of nitrogens with zero attached hydrogens (tertiary/aromatic N) is 2. The minimum Gasteiger partial charge on any atom is -0.453 e. The molecular formula is C28H29N5O3. The number of carbonyl (C=O) groups excluding carboxylic acids is 2. The number of hydrogen-bond acceptors (Lipinski definition) is 5. The molecule has 2 amide bonds. The first-order valence-corrected chi connectivity index (χ1v) is 11.6. The van der Waals surface area contributed by atoms with Crippen molar-refractivity contribution in [1.82, 2.24) is 15.1 Å². The van der Waals surface area contributed by atoms with E-state index in [-0.39, 0.29) is 18.9 Å². The Morgan fingerprint density at radius 1 is 0.861 bits per heavy atom. The van der Waals surface area contributed by atoms with Crippen molar-refractivity contribution in [3.63, 3.8) is 0 Å². The van der Waals surface area contributed by atoms with Crippen molar-refractivity contribution < 1.29 is 14.3 Å². The summed E-state index contributed by atoms with van der Waals surface area (Å²) in [6.45, 7) is 0.156. The fraction of sp³-hybridized carbons (Fsp3) is 0.179. The maximum absolute atomic E-state index is 12.7. The summed E-state index contributed by atoms with van der Waals surface area (Å²) in [7, 11) is 3.10. The minimum atomic E-state index is -0.774. The van der Waals surface area contributed by atoms with Crippen molar-refractivity contribution >= 4 is 23.5 Å². The normalized spacial score (nSPS) is 10.9. The van der Waals surface area contributed by atoms with E-state index in [2.05, 4.69) is 62.2 Å². The van der Waals surface area contributed by atoms with Crippen LogP contribution in [0.25, 0.3) is 0 Å². The van der Waals surface area contributed by atoms with Crippen LogP contribution in [0.15, 0.2) is 97.2 Å². The maximum Gasteiger partial charge on any atom is 0.406 e. The molecule has 0 radical (unpaired) electrons. The molecule has 1 heterocycles. The molecular weight excluding hydrogens is 454 g/mol. The number of rotatable bonds is 9. The van der Waals surface area contributed by atoms with E-state index in [1.165, 1.54) is 7.11 Å². The molecule has 0 unspecified atom stereocenters. The molecule has 0 bridgehead atoms. The molecule has 0 fully saturated rings. The summed E-state index contributed by atoms with van der Waals surface area (Å²) in [6.07, 6.45) is 1.12. The van der Waals surface area contributed by atoms with Crippen LogP contribution in [0.5, 0.6) is 0 Å². The van der Waals surface area contributed by atoms with Gasteiger partial charge < -0.3 is 20.7 Å². The molecule has 0 spiro atoms. The number of hydrogen-bond donors (Lipinski definition) is 3. The Hall–Kier alpha value is -4.59. The maximum atomic E-state index is 12.7. The highest BCUT2D eigenvalue weighted by Gasteiger charge is 2.37. The van der Waals surface area contributed by atoms with Gasteiger partial charge in [0.15, 0.2) is 0 Å². The molecule has 0 saturated heterocycles. The number of aromatic nitrogens is 2. The van der Waals surface area contributed by atoms with E-state index in [4.69, 9.17) is 0 Å². The fourth-order valence-corrected chi connectivity index (χ4v) is 4.20. The van der Waals surface area contributed by atoms with Gasteiger partial charge in [0.1, 0.15) is 17.0 Å². The number of anilines is 2. The van der Waals surface area contributed by atoms with Crippen LogP contribution >= 0.6 is 0 Å². The zero-order valence-corrected chi connectivity index (χ0v) is 20.3. The van der Waals surface area contributed by atoms with Gasteiger partial charge >= 0.3 is 6.09 Å². The molecule has 3 aromatic carbocycles. The summed E-state index contributed by atoms with van der Waals surface area (Å²) in [5.74, 6) is 0.382. The third-order valence-electron chi connectivity index (χ3n) is 5.95. The van der Waals surface area contributed by atoms with Crippen molar-refractivity contribution in [2.24, 2.45) is 7.05 Å². The third-order valence-corrected chi connectivity index (χ3v) is 5.95. The standard InChI is InChI=1S/C28H29N5O3/c1-33-26(24(20-30-33)31-25(34)18-19-29-27(35)36-2)32-28(21-12-6-3-7-13-21,22-14-8-4-9-15-22)23-16-10-5-11-17-23/h3-17,20,32H,18-19H2,1-2H3,(H,29,35)(H,31,34). The number of aryl methyl sites for hydroxylation is 1. The third kappa shape index (κ3) is 5.22. The van der Waals surface area contributed by atoms with Gasteiger partial charge in [0, 0.05) is 20.0 Å². The summed E-state index contributed by atoms with van der Waals surface area (Å²) in [5, 5.41) is 13.6. The highest BCUT2D eigenvalue weighted by molar-refractivity contribution is 5.94. The number of ether oxygens (including phenoxy) is 1. The Morgan fingerprint density at radius 3 is 1.83 bits per heavy atom. The van der Waals surface area contributed by atoms with Crippen LogP contribution in [0.2, 0.25) is 0 Å². The first-order valence-electron chi connectivity index (χ1n) is 11.6. The molecule has 8 heteroatoms. The van der Waals surface area contributed by atoms with Crippen molar-refractivity contribution in [2.45, 2.75) is 12.0 Å². The van der Waals surface area contributed by atoms with Gasteiger partial charge in [-0.05, 0) is 16.7 Å². The van der Waals surface area contributed by atoms with Crippen LogP contribution < -0.4 is 16.0 Å². The summed E-state index contributed by atoms with van der Waals surface area (Å²) in [4.78, 5) is 23.9. The summed E-state index contributed by atoms with van der Waals surface area (Å²) in [6, 6.07) is 30.5. The molecule has 36 heavy (non-hydrogen) atoms. The lowest BCUT2D eigenvalue weighted by Gasteiger charge is -2.38. The van der Waals surface area contributed by atoms with Gasteiger partial charge in [0.25, 0.3) is 0 Å². The number of methoxy groups -OCH3 is 1. The lowest BCUT2D eigenvalue weighted by Crippen LogP contribution is -2.39. The largest absolute Gasteiger partial charge is 0.453 e. The van der Waals surface area contributed by atoms with E-state index in [9.17, 15) is 9.59 Å². The predicted octanol–water partition coefficient (Wildman–Crippen LogP) is 4.51. The van der Waals surface area contributed by atoms with Crippen molar-refractivity contribution in [2.75, 3.05) is 24.3 Å². The Morgan fingerprint density at radius 2 is 1.36 bits per heavy atom. The van der Waals surface area contributed by atoms with Crippen LogP contribution in [0.3, 0.4) is 0 Å². The van der Waals surface area contributed by atoms with Crippen molar-refractivity contribution in [3.8, 4) is 0 Å². The molecule has 0 aliphatic rings. The van der Waals surface area contributed by atoms with Crippen molar-refractivity contribution in [1.29, 1.82) is 0 Å². The number of carbonyl (C=O) groups is 2. The molecule has 3 N–H and O–H groups in total. The lowest BCUT2D eigenvalue weighted by molar-refractivity contribution is -0.116. The quantitative estimate of drug-likeness (QED) is 0.305. The van der Waals surface area contributed by atoms with Gasteiger partial charge in [0.2, 0.25) is 5.91 Å². The second kappa shape index (κ2) is 11.2. The fourth-order valence-electron chi connectivity index (χ4n) is 4.20.